The van der Waals surface area contributed by atoms with E-state index in [-0.39, 0.29) is 39.7 Å². The van der Waals surface area contributed by atoms with Crippen LogP contribution in [0.5, 0.6) is 23.0 Å². The molecule has 2 aliphatic carbocycles. The maximum atomic E-state index is 11.4. The molecular formula is C30H42O4. The first-order chi connectivity index (χ1) is 16.1. The van der Waals surface area contributed by atoms with E-state index < -0.39 is 5.41 Å². The van der Waals surface area contributed by atoms with E-state index in [1.807, 2.05) is 6.07 Å². The zero-order valence-corrected chi connectivity index (χ0v) is 21.5. The van der Waals surface area contributed by atoms with Crippen LogP contribution in [0.25, 0.3) is 0 Å². The van der Waals surface area contributed by atoms with Crippen molar-refractivity contribution >= 4 is 0 Å². The van der Waals surface area contributed by atoms with Crippen LogP contribution in [0.3, 0.4) is 0 Å². The van der Waals surface area contributed by atoms with Crippen LogP contribution in [-0.2, 0) is 16.2 Å². The first-order valence-electron chi connectivity index (χ1n) is 13.2. The van der Waals surface area contributed by atoms with Crippen molar-refractivity contribution in [2.45, 2.75) is 109 Å². The average Bonchev–Trinajstić information content (AvgIpc) is 3.17. The van der Waals surface area contributed by atoms with Crippen molar-refractivity contribution < 1.29 is 20.4 Å². The third-order valence-corrected chi connectivity index (χ3v) is 9.21. The van der Waals surface area contributed by atoms with Gasteiger partial charge in [0.1, 0.15) is 0 Å². The number of fused-ring (bicyclic) bond motifs is 4. The second-order valence-corrected chi connectivity index (χ2v) is 11.4. The van der Waals surface area contributed by atoms with Crippen LogP contribution >= 0.6 is 0 Å². The highest BCUT2D eigenvalue weighted by molar-refractivity contribution is 5.69. The molecule has 4 heteroatoms. The van der Waals surface area contributed by atoms with E-state index in [9.17, 15) is 20.4 Å². The zero-order chi connectivity index (χ0) is 24.9. The molecule has 2 aromatic carbocycles. The Bertz CT molecular complexity index is 1080. The lowest BCUT2D eigenvalue weighted by Gasteiger charge is -2.42. The van der Waals surface area contributed by atoms with Crippen molar-refractivity contribution in [2.75, 3.05) is 0 Å². The molecular weight excluding hydrogens is 424 g/mol. The normalized spacial score (nSPS) is 29.5. The van der Waals surface area contributed by atoms with E-state index >= 15 is 0 Å². The maximum Gasteiger partial charge on any atom is 0.161 e. The van der Waals surface area contributed by atoms with Gasteiger partial charge in [-0.3, -0.25) is 0 Å². The number of hydrogen-bond donors (Lipinski definition) is 4. The topological polar surface area (TPSA) is 80.9 Å². The number of phenolic OH excluding ortho intramolecular Hbond substituents is 4. The summed E-state index contributed by atoms with van der Waals surface area (Å²) in [5.41, 5.74) is 3.18. The first kappa shape index (κ1) is 24.8. The van der Waals surface area contributed by atoms with Gasteiger partial charge < -0.3 is 20.4 Å². The van der Waals surface area contributed by atoms with E-state index in [1.165, 1.54) is 0 Å². The number of benzene rings is 2. The molecule has 2 aliphatic rings. The highest BCUT2D eigenvalue weighted by atomic mass is 16.3. The van der Waals surface area contributed by atoms with Crippen LogP contribution in [0, 0.1) is 5.92 Å². The van der Waals surface area contributed by atoms with Crippen LogP contribution in [0.15, 0.2) is 24.3 Å². The summed E-state index contributed by atoms with van der Waals surface area (Å²) in [7, 11) is 0. The standard InChI is InChI=1S/C30H42O4/c1-6-9-14-28(4)18-30(26-19(28)12-13-22(31)27(26)34)21-17-24(33)23(32)16-20(21)29(5,15-10-7-2)25(30)11-8-3/h12-13,16-17,25,31-34H,6-11,14-15,18H2,1-5H3. The Morgan fingerprint density at radius 2 is 1.38 bits per heavy atom. The fourth-order valence-corrected chi connectivity index (χ4v) is 7.70. The number of unbranched alkanes of at least 4 members (excludes halogenated alkanes) is 2. The largest absolute Gasteiger partial charge is 0.504 e. The molecule has 0 fully saturated rings. The summed E-state index contributed by atoms with van der Waals surface area (Å²) in [6.07, 6.45) is 9.12. The van der Waals surface area contributed by atoms with Gasteiger partial charge in [0.15, 0.2) is 23.0 Å². The average molecular weight is 467 g/mol. The lowest BCUT2D eigenvalue weighted by Crippen LogP contribution is -2.40. The molecule has 186 valence electrons. The van der Waals surface area contributed by atoms with Crippen molar-refractivity contribution in [1.82, 2.24) is 0 Å². The van der Waals surface area contributed by atoms with Gasteiger partial charge in [0.2, 0.25) is 0 Å². The molecule has 0 aliphatic heterocycles. The van der Waals surface area contributed by atoms with Gasteiger partial charge in [0.05, 0.1) is 0 Å². The fourth-order valence-electron chi connectivity index (χ4n) is 7.70. The van der Waals surface area contributed by atoms with Crippen molar-refractivity contribution in [3.05, 3.63) is 46.5 Å². The van der Waals surface area contributed by atoms with E-state index in [1.54, 1.807) is 18.2 Å². The molecule has 34 heavy (non-hydrogen) atoms. The fraction of sp³-hybridized carbons (Fsp3) is 0.600. The van der Waals surface area contributed by atoms with E-state index in [0.717, 1.165) is 80.0 Å². The predicted molar refractivity (Wildman–Crippen MR) is 137 cm³/mol. The molecule has 4 rings (SSSR count). The molecule has 0 bridgehead atoms. The number of rotatable bonds is 8. The Kier molecular flexibility index (Phi) is 6.33. The summed E-state index contributed by atoms with van der Waals surface area (Å²) in [5, 5.41) is 43.3. The van der Waals surface area contributed by atoms with Gasteiger partial charge in [-0.15, -0.1) is 0 Å². The van der Waals surface area contributed by atoms with Gasteiger partial charge in [0.25, 0.3) is 0 Å². The minimum atomic E-state index is -0.528. The molecule has 4 atom stereocenters. The van der Waals surface area contributed by atoms with Gasteiger partial charge in [-0.2, -0.15) is 0 Å². The van der Waals surface area contributed by atoms with E-state index in [2.05, 4.69) is 34.6 Å². The first-order valence-corrected chi connectivity index (χ1v) is 13.2. The smallest absolute Gasteiger partial charge is 0.161 e. The minimum Gasteiger partial charge on any atom is -0.504 e. The Labute approximate surface area is 204 Å². The Morgan fingerprint density at radius 1 is 0.765 bits per heavy atom. The quantitative estimate of drug-likeness (QED) is 0.303. The molecule has 0 heterocycles. The molecule has 1 spiro atoms. The molecule has 4 N–H and O–H groups in total. The molecule has 0 saturated heterocycles. The monoisotopic (exact) mass is 466 g/mol. The minimum absolute atomic E-state index is 0.0166. The molecule has 0 aromatic heterocycles. The molecule has 4 unspecified atom stereocenters. The van der Waals surface area contributed by atoms with E-state index in [0.29, 0.717) is 0 Å². The zero-order valence-electron chi connectivity index (χ0n) is 21.5. The lowest BCUT2D eigenvalue weighted by atomic mass is 9.60. The van der Waals surface area contributed by atoms with Gasteiger partial charge in [-0.25, -0.2) is 0 Å². The van der Waals surface area contributed by atoms with Gasteiger partial charge in [0, 0.05) is 11.0 Å². The lowest BCUT2D eigenvalue weighted by molar-refractivity contribution is 0.173. The molecule has 4 nitrogen and oxygen atoms in total. The number of aromatic hydroxyl groups is 4. The predicted octanol–water partition coefficient (Wildman–Crippen LogP) is 7.52. The molecule has 0 radical (unpaired) electrons. The Balaban J connectivity index is 2.09. The summed E-state index contributed by atoms with van der Waals surface area (Å²) in [5.74, 6) is -0.114. The van der Waals surface area contributed by atoms with Gasteiger partial charge in [-0.05, 0) is 77.3 Å². The van der Waals surface area contributed by atoms with Crippen molar-refractivity contribution in [3.63, 3.8) is 0 Å². The van der Waals surface area contributed by atoms with Crippen molar-refractivity contribution in [2.24, 2.45) is 5.92 Å². The van der Waals surface area contributed by atoms with Crippen LogP contribution in [-0.4, -0.2) is 20.4 Å². The highest BCUT2D eigenvalue weighted by Gasteiger charge is 2.64. The third kappa shape index (κ3) is 3.31. The summed E-state index contributed by atoms with van der Waals surface area (Å²) in [6.45, 7) is 11.2. The Morgan fingerprint density at radius 3 is 2.00 bits per heavy atom. The maximum absolute atomic E-state index is 11.4. The van der Waals surface area contributed by atoms with Crippen LogP contribution in [0.4, 0.5) is 0 Å². The van der Waals surface area contributed by atoms with Gasteiger partial charge >= 0.3 is 0 Å². The van der Waals surface area contributed by atoms with Crippen LogP contribution in [0.2, 0.25) is 0 Å². The second-order valence-electron chi connectivity index (χ2n) is 11.4. The van der Waals surface area contributed by atoms with Crippen molar-refractivity contribution in [3.8, 4) is 23.0 Å². The van der Waals surface area contributed by atoms with E-state index in [4.69, 9.17) is 0 Å². The highest BCUT2D eigenvalue weighted by Crippen LogP contribution is 2.71. The number of phenols is 4. The molecule has 0 saturated carbocycles. The summed E-state index contributed by atoms with van der Waals surface area (Å²) in [6, 6.07) is 7.18. The summed E-state index contributed by atoms with van der Waals surface area (Å²) in [4.78, 5) is 0. The van der Waals surface area contributed by atoms with Crippen LogP contribution in [0.1, 0.15) is 115 Å². The van der Waals surface area contributed by atoms with Crippen molar-refractivity contribution in [1.29, 1.82) is 0 Å². The Hall–Kier alpha value is -2.36. The third-order valence-electron chi connectivity index (χ3n) is 9.21. The number of hydrogen-bond acceptors (Lipinski definition) is 4. The van der Waals surface area contributed by atoms with Gasteiger partial charge in [-0.1, -0.05) is 72.8 Å². The SMILES string of the molecule is CCCCC1(C)CC2(c3cc(O)c(O)cc3C(C)(CCCC)C2CCC)c2c1ccc(O)c2O. The second kappa shape index (κ2) is 8.70. The van der Waals surface area contributed by atoms with Crippen LogP contribution < -0.4 is 0 Å². The summed E-state index contributed by atoms with van der Waals surface area (Å²) >= 11 is 0. The molecule has 0 amide bonds. The molecule has 2 aromatic rings. The summed E-state index contributed by atoms with van der Waals surface area (Å²) < 4.78 is 0.